The fourth-order valence-electron chi connectivity index (χ4n) is 1.77. The van der Waals surface area contributed by atoms with Gasteiger partial charge in [0.1, 0.15) is 5.75 Å². The van der Waals surface area contributed by atoms with Gasteiger partial charge in [-0.2, -0.15) is 0 Å². The van der Waals surface area contributed by atoms with Crippen molar-refractivity contribution in [3.63, 3.8) is 0 Å². The summed E-state index contributed by atoms with van der Waals surface area (Å²) in [6, 6.07) is 6.38. The molecule has 0 aliphatic heterocycles. The fraction of sp³-hybridized carbons (Fsp3) is 0.600. The van der Waals surface area contributed by atoms with Gasteiger partial charge >= 0.3 is 0 Å². The lowest BCUT2D eigenvalue weighted by molar-refractivity contribution is 0.306. The highest BCUT2D eigenvalue weighted by Crippen LogP contribution is 2.24. The summed E-state index contributed by atoms with van der Waals surface area (Å²) in [5, 5.41) is 0. The molecule has 2 N–H and O–H groups in total. The van der Waals surface area contributed by atoms with Crippen LogP contribution in [-0.4, -0.2) is 12.6 Å². The molecule has 0 radical (unpaired) electrons. The summed E-state index contributed by atoms with van der Waals surface area (Å²) in [7, 11) is 0. The van der Waals surface area contributed by atoms with Crippen LogP contribution in [0.25, 0.3) is 0 Å². The van der Waals surface area contributed by atoms with Crippen LogP contribution >= 0.6 is 15.9 Å². The summed E-state index contributed by atoms with van der Waals surface area (Å²) in [6.07, 6.45) is 5.46. The number of nitrogens with two attached hydrogens (primary N) is 1. The Bertz CT molecular complexity index is 354. The first kappa shape index (κ1) is 15.5. The minimum Gasteiger partial charge on any atom is -0.494 e. The second-order valence-electron chi connectivity index (χ2n) is 4.68. The van der Waals surface area contributed by atoms with E-state index >= 15 is 0 Å². The molecular formula is C15H24BrNO. The molecule has 1 aromatic carbocycles. The van der Waals surface area contributed by atoms with Crippen molar-refractivity contribution in [3.8, 4) is 5.75 Å². The lowest BCUT2D eigenvalue weighted by atomic mass is 10.0. The van der Waals surface area contributed by atoms with Crippen molar-refractivity contribution in [3.05, 3.63) is 28.2 Å². The molecule has 0 saturated carbocycles. The molecule has 18 heavy (non-hydrogen) atoms. The van der Waals surface area contributed by atoms with Crippen molar-refractivity contribution in [1.82, 2.24) is 0 Å². The SMILES string of the molecule is CCCCCOc1ccc(Br)c(CC(N)CC)c1. The zero-order chi connectivity index (χ0) is 13.4. The molecule has 1 aromatic rings. The number of unbranched alkanes of at least 4 members (excludes halogenated alkanes) is 2. The number of hydrogen-bond acceptors (Lipinski definition) is 2. The van der Waals surface area contributed by atoms with E-state index in [1.54, 1.807) is 0 Å². The molecule has 0 saturated heterocycles. The van der Waals surface area contributed by atoms with Gasteiger partial charge in [0, 0.05) is 10.5 Å². The van der Waals surface area contributed by atoms with Crippen molar-refractivity contribution in [2.24, 2.45) is 5.73 Å². The van der Waals surface area contributed by atoms with Gasteiger partial charge in [-0.1, -0.05) is 42.6 Å². The summed E-state index contributed by atoms with van der Waals surface area (Å²) in [6.45, 7) is 5.11. The first-order chi connectivity index (χ1) is 8.67. The van der Waals surface area contributed by atoms with E-state index in [2.05, 4.69) is 35.8 Å². The van der Waals surface area contributed by atoms with Gasteiger partial charge < -0.3 is 10.5 Å². The molecule has 0 aliphatic carbocycles. The number of rotatable bonds is 8. The minimum atomic E-state index is 0.219. The molecule has 0 amide bonds. The largest absolute Gasteiger partial charge is 0.494 e. The standard InChI is InChI=1S/C15H24BrNO/c1-3-5-6-9-18-14-7-8-15(16)12(11-14)10-13(17)4-2/h7-8,11,13H,3-6,9-10,17H2,1-2H3. The molecule has 0 fully saturated rings. The van der Waals surface area contributed by atoms with Crippen LogP contribution in [0.4, 0.5) is 0 Å². The Labute approximate surface area is 119 Å². The number of benzene rings is 1. The Morgan fingerprint density at radius 1 is 1.28 bits per heavy atom. The quantitative estimate of drug-likeness (QED) is 0.726. The van der Waals surface area contributed by atoms with Gasteiger partial charge in [-0.05, 0) is 43.0 Å². The maximum absolute atomic E-state index is 6.00. The van der Waals surface area contributed by atoms with E-state index < -0.39 is 0 Å². The molecule has 0 spiro atoms. The molecule has 0 heterocycles. The molecule has 3 heteroatoms. The van der Waals surface area contributed by atoms with Gasteiger partial charge in [-0.3, -0.25) is 0 Å². The molecule has 0 aliphatic rings. The Morgan fingerprint density at radius 3 is 2.72 bits per heavy atom. The lowest BCUT2D eigenvalue weighted by Crippen LogP contribution is -2.21. The van der Waals surface area contributed by atoms with Crippen molar-refractivity contribution in [2.75, 3.05) is 6.61 Å². The topological polar surface area (TPSA) is 35.2 Å². The molecule has 1 unspecified atom stereocenters. The summed E-state index contributed by atoms with van der Waals surface area (Å²) < 4.78 is 6.88. The summed E-state index contributed by atoms with van der Waals surface area (Å²) >= 11 is 3.57. The third kappa shape index (κ3) is 5.40. The van der Waals surface area contributed by atoms with E-state index in [1.165, 1.54) is 18.4 Å². The average Bonchev–Trinajstić information content (AvgIpc) is 2.38. The van der Waals surface area contributed by atoms with Gasteiger partial charge in [-0.15, -0.1) is 0 Å². The second kappa shape index (κ2) is 8.54. The van der Waals surface area contributed by atoms with Gasteiger partial charge in [0.05, 0.1) is 6.61 Å². The summed E-state index contributed by atoms with van der Waals surface area (Å²) in [5.74, 6) is 0.951. The van der Waals surface area contributed by atoms with Crippen LogP contribution in [0.15, 0.2) is 22.7 Å². The predicted molar refractivity (Wildman–Crippen MR) is 81.1 cm³/mol. The van der Waals surface area contributed by atoms with Crippen LogP contribution in [0.1, 0.15) is 45.1 Å². The third-order valence-electron chi connectivity index (χ3n) is 3.04. The Hall–Kier alpha value is -0.540. The van der Waals surface area contributed by atoms with E-state index in [1.807, 2.05) is 12.1 Å². The normalized spacial score (nSPS) is 12.4. The third-order valence-corrected chi connectivity index (χ3v) is 3.81. The smallest absolute Gasteiger partial charge is 0.119 e. The first-order valence-electron chi connectivity index (χ1n) is 6.84. The van der Waals surface area contributed by atoms with E-state index in [9.17, 15) is 0 Å². The summed E-state index contributed by atoms with van der Waals surface area (Å²) in [5.41, 5.74) is 7.24. The molecule has 102 valence electrons. The summed E-state index contributed by atoms with van der Waals surface area (Å²) in [4.78, 5) is 0. The van der Waals surface area contributed by atoms with Gasteiger partial charge in [0.2, 0.25) is 0 Å². The zero-order valence-electron chi connectivity index (χ0n) is 11.4. The van der Waals surface area contributed by atoms with E-state index in [4.69, 9.17) is 10.5 Å². The predicted octanol–water partition coefficient (Wildman–Crippen LogP) is 4.30. The van der Waals surface area contributed by atoms with Crippen molar-refractivity contribution in [1.29, 1.82) is 0 Å². The zero-order valence-corrected chi connectivity index (χ0v) is 13.0. The van der Waals surface area contributed by atoms with Gasteiger partial charge in [0.15, 0.2) is 0 Å². The number of hydrogen-bond donors (Lipinski definition) is 1. The minimum absolute atomic E-state index is 0.219. The highest BCUT2D eigenvalue weighted by Gasteiger charge is 2.07. The molecular weight excluding hydrogens is 290 g/mol. The lowest BCUT2D eigenvalue weighted by Gasteiger charge is -2.13. The fourth-order valence-corrected chi connectivity index (χ4v) is 2.17. The Morgan fingerprint density at radius 2 is 2.06 bits per heavy atom. The van der Waals surface area contributed by atoms with Crippen LogP contribution in [0.3, 0.4) is 0 Å². The van der Waals surface area contributed by atoms with Crippen molar-refractivity contribution >= 4 is 15.9 Å². The maximum Gasteiger partial charge on any atom is 0.119 e. The maximum atomic E-state index is 6.00. The van der Waals surface area contributed by atoms with Gasteiger partial charge in [-0.25, -0.2) is 0 Å². The number of ether oxygens (including phenoxy) is 1. The van der Waals surface area contributed by atoms with E-state index in [0.717, 1.165) is 36.1 Å². The first-order valence-corrected chi connectivity index (χ1v) is 7.63. The second-order valence-corrected chi connectivity index (χ2v) is 5.54. The van der Waals surface area contributed by atoms with Crippen LogP contribution in [0, 0.1) is 0 Å². The van der Waals surface area contributed by atoms with E-state index in [0.29, 0.717) is 0 Å². The van der Waals surface area contributed by atoms with Gasteiger partial charge in [0.25, 0.3) is 0 Å². The molecule has 0 bridgehead atoms. The number of halogens is 1. The average molecular weight is 314 g/mol. The molecule has 0 aromatic heterocycles. The monoisotopic (exact) mass is 313 g/mol. The van der Waals surface area contributed by atoms with Crippen LogP contribution in [-0.2, 0) is 6.42 Å². The Balaban J connectivity index is 2.57. The highest BCUT2D eigenvalue weighted by atomic mass is 79.9. The molecule has 1 atom stereocenters. The van der Waals surface area contributed by atoms with E-state index in [-0.39, 0.29) is 6.04 Å². The molecule has 2 nitrogen and oxygen atoms in total. The van der Waals surface area contributed by atoms with Crippen LogP contribution in [0.5, 0.6) is 5.75 Å². The highest BCUT2D eigenvalue weighted by molar-refractivity contribution is 9.10. The van der Waals surface area contributed by atoms with Crippen molar-refractivity contribution in [2.45, 2.75) is 52.0 Å². The van der Waals surface area contributed by atoms with Crippen LogP contribution < -0.4 is 10.5 Å². The van der Waals surface area contributed by atoms with Crippen molar-refractivity contribution < 1.29 is 4.74 Å². The molecule has 1 rings (SSSR count). The van der Waals surface area contributed by atoms with Crippen LogP contribution in [0.2, 0.25) is 0 Å². The Kier molecular flexibility index (Phi) is 7.36.